The second-order valence-electron chi connectivity index (χ2n) is 5.33. The summed E-state index contributed by atoms with van der Waals surface area (Å²) in [6.45, 7) is 1.06. The molecule has 1 aromatic heterocycles. The highest BCUT2D eigenvalue weighted by atomic mass is 35.5. The van der Waals surface area contributed by atoms with Gasteiger partial charge in [-0.2, -0.15) is 5.10 Å². The van der Waals surface area contributed by atoms with Crippen molar-refractivity contribution in [1.82, 2.24) is 9.78 Å². The number of methoxy groups -OCH3 is 1. The van der Waals surface area contributed by atoms with E-state index in [-0.39, 0.29) is 0 Å². The number of rotatable bonds is 4. The molecule has 1 unspecified atom stereocenters. The largest absolute Gasteiger partial charge is 0.399 e. The van der Waals surface area contributed by atoms with Crippen LogP contribution in [-0.2, 0) is 23.3 Å². The lowest BCUT2D eigenvalue weighted by Crippen LogP contribution is -2.29. The third-order valence-corrected chi connectivity index (χ3v) is 4.30. The first-order valence-electron chi connectivity index (χ1n) is 6.88. The average Bonchev–Trinajstić information content (AvgIpc) is 2.98. The molecule has 2 aromatic rings. The molecule has 0 amide bonds. The van der Waals surface area contributed by atoms with Gasteiger partial charge in [0, 0.05) is 12.8 Å². The second-order valence-corrected chi connectivity index (χ2v) is 5.74. The molecule has 21 heavy (non-hydrogen) atoms. The third-order valence-electron chi connectivity index (χ3n) is 4.02. The first-order valence-corrected chi connectivity index (χ1v) is 7.26. The summed E-state index contributed by atoms with van der Waals surface area (Å²) < 4.78 is 6.81. The van der Waals surface area contributed by atoms with Crippen molar-refractivity contribution in [2.75, 3.05) is 19.5 Å². The van der Waals surface area contributed by atoms with Crippen molar-refractivity contribution in [2.24, 2.45) is 0 Å². The highest BCUT2D eigenvalue weighted by Gasteiger charge is 2.42. The number of nitrogen functional groups attached to an aromatic ring is 1. The number of anilines is 1. The predicted octanol–water partition coefficient (Wildman–Crippen LogP) is 1.95. The molecule has 0 spiro atoms. The number of hydrogen-bond donors (Lipinski definition) is 2. The van der Waals surface area contributed by atoms with Gasteiger partial charge in [0.1, 0.15) is 5.60 Å². The number of halogens is 1. The minimum Gasteiger partial charge on any atom is -0.399 e. The molecule has 3 rings (SSSR count). The number of aliphatic hydroxyl groups is 1. The first-order chi connectivity index (χ1) is 10.1. The number of fused-ring (bicyclic) bond motifs is 1. The molecule has 0 radical (unpaired) electrons. The monoisotopic (exact) mass is 307 g/mol. The van der Waals surface area contributed by atoms with Crippen LogP contribution in [0.1, 0.15) is 23.2 Å². The van der Waals surface area contributed by atoms with E-state index in [1.165, 1.54) is 0 Å². The molecular weight excluding hydrogens is 290 g/mol. The molecule has 0 saturated carbocycles. The Morgan fingerprint density at radius 1 is 1.52 bits per heavy atom. The molecular formula is C15H18ClN3O2. The lowest BCUT2D eigenvalue weighted by molar-refractivity contribution is 0.0704. The van der Waals surface area contributed by atoms with Gasteiger partial charge in [0.25, 0.3) is 0 Å². The summed E-state index contributed by atoms with van der Waals surface area (Å²) >= 11 is 6.28. The molecule has 0 bridgehead atoms. The number of aryl methyl sites for hydroxylation is 1. The van der Waals surface area contributed by atoms with Gasteiger partial charge >= 0.3 is 0 Å². The number of nitrogens with two attached hydrogens (primary N) is 1. The molecule has 6 heteroatoms. The number of aromatic nitrogens is 2. The summed E-state index contributed by atoms with van der Waals surface area (Å²) in [5.74, 6) is 0. The Balaban J connectivity index is 2.07. The molecule has 1 aliphatic carbocycles. The van der Waals surface area contributed by atoms with Crippen molar-refractivity contribution in [3.63, 3.8) is 0 Å². The highest BCUT2D eigenvalue weighted by molar-refractivity contribution is 6.31. The summed E-state index contributed by atoms with van der Waals surface area (Å²) in [4.78, 5) is 0. The van der Waals surface area contributed by atoms with E-state index in [1.807, 2.05) is 12.1 Å². The molecule has 0 aliphatic heterocycles. The van der Waals surface area contributed by atoms with Crippen LogP contribution in [0.4, 0.5) is 5.69 Å². The van der Waals surface area contributed by atoms with Crippen molar-refractivity contribution >= 4 is 17.3 Å². The van der Waals surface area contributed by atoms with E-state index in [0.717, 1.165) is 17.5 Å². The molecule has 1 atom stereocenters. The van der Waals surface area contributed by atoms with E-state index < -0.39 is 5.60 Å². The lowest BCUT2D eigenvalue weighted by atomic mass is 9.92. The van der Waals surface area contributed by atoms with Gasteiger partial charge < -0.3 is 15.6 Å². The summed E-state index contributed by atoms with van der Waals surface area (Å²) in [5.41, 5.74) is 7.96. The molecule has 3 N–H and O–H groups in total. The van der Waals surface area contributed by atoms with Crippen LogP contribution in [-0.4, -0.2) is 28.6 Å². The Hall–Kier alpha value is -1.56. The van der Waals surface area contributed by atoms with Gasteiger partial charge in [0.05, 0.1) is 30.1 Å². The quantitative estimate of drug-likeness (QED) is 0.847. The fraction of sp³-hybridized carbons (Fsp3) is 0.400. The maximum Gasteiger partial charge on any atom is 0.133 e. The van der Waals surface area contributed by atoms with Crippen molar-refractivity contribution in [2.45, 2.75) is 25.0 Å². The zero-order valence-electron chi connectivity index (χ0n) is 11.8. The summed E-state index contributed by atoms with van der Waals surface area (Å²) in [6.07, 6.45) is 2.91. The fourth-order valence-corrected chi connectivity index (χ4v) is 3.34. The van der Waals surface area contributed by atoms with Crippen molar-refractivity contribution < 1.29 is 9.84 Å². The Morgan fingerprint density at radius 2 is 2.33 bits per heavy atom. The average molecular weight is 308 g/mol. The van der Waals surface area contributed by atoms with Crippen LogP contribution in [0.2, 0.25) is 5.02 Å². The van der Waals surface area contributed by atoms with E-state index >= 15 is 0 Å². The Labute approximate surface area is 128 Å². The van der Waals surface area contributed by atoms with Gasteiger partial charge in [0.2, 0.25) is 0 Å². The van der Waals surface area contributed by atoms with Gasteiger partial charge in [-0.1, -0.05) is 17.7 Å². The van der Waals surface area contributed by atoms with Crippen molar-refractivity contribution in [1.29, 1.82) is 0 Å². The molecule has 1 heterocycles. The minimum atomic E-state index is -1.12. The Kier molecular flexibility index (Phi) is 3.65. The second kappa shape index (κ2) is 5.33. The third kappa shape index (κ3) is 2.31. The maximum atomic E-state index is 11.2. The molecule has 1 aromatic carbocycles. The lowest BCUT2D eigenvalue weighted by Gasteiger charge is -2.26. The van der Waals surface area contributed by atoms with Gasteiger partial charge in [-0.25, -0.2) is 0 Å². The standard InChI is InChI=1S/C15H18ClN3O2/c1-21-7-6-19-14(13(16)9-18-19)15(20)5-4-10-8-11(17)2-3-12(10)15/h2-3,8-9,20H,4-7,17H2,1H3. The summed E-state index contributed by atoms with van der Waals surface area (Å²) in [6, 6.07) is 5.59. The molecule has 1 aliphatic rings. The SMILES string of the molecule is COCCn1ncc(Cl)c1C1(O)CCc2cc(N)ccc21. The van der Waals surface area contributed by atoms with Gasteiger partial charge in [-0.15, -0.1) is 0 Å². The maximum absolute atomic E-state index is 11.2. The topological polar surface area (TPSA) is 73.3 Å². The van der Waals surface area contributed by atoms with Crippen LogP contribution in [0.3, 0.4) is 0 Å². The van der Waals surface area contributed by atoms with Crippen molar-refractivity contribution in [3.8, 4) is 0 Å². The number of ether oxygens (including phenoxy) is 1. The number of benzene rings is 1. The van der Waals surface area contributed by atoms with E-state index in [9.17, 15) is 5.11 Å². The van der Waals surface area contributed by atoms with Gasteiger partial charge in [-0.05, 0) is 36.1 Å². The highest BCUT2D eigenvalue weighted by Crippen LogP contribution is 2.44. The number of nitrogens with zero attached hydrogens (tertiary/aromatic N) is 2. The zero-order chi connectivity index (χ0) is 15.0. The van der Waals surface area contributed by atoms with Gasteiger partial charge in [-0.3, -0.25) is 4.68 Å². The predicted molar refractivity (Wildman–Crippen MR) is 81.3 cm³/mol. The first kappa shape index (κ1) is 14.4. The Bertz CT molecular complexity index is 671. The number of hydrogen-bond acceptors (Lipinski definition) is 4. The van der Waals surface area contributed by atoms with E-state index in [2.05, 4.69) is 5.10 Å². The van der Waals surface area contributed by atoms with E-state index in [1.54, 1.807) is 24.1 Å². The van der Waals surface area contributed by atoms with E-state index in [0.29, 0.717) is 36.0 Å². The van der Waals surface area contributed by atoms with Crippen LogP contribution in [0, 0.1) is 0 Å². The van der Waals surface area contributed by atoms with Crippen LogP contribution in [0.15, 0.2) is 24.4 Å². The fourth-order valence-electron chi connectivity index (χ4n) is 3.04. The molecule has 112 valence electrons. The minimum absolute atomic E-state index is 0.471. The smallest absolute Gasteiger partial charge is 0.133 e. The van der Waals surface area contributed by atoms with E-state index in [4.69, 9.17) is 22.1 Å². The Morgan fingerprint density at radius 3 is 3.10 bits per heavy atom. The van der Waals surface area contributed by atoms with Crippen LogP contribution < -0.4 is 5.73 Å². The van der Waals surface area contributed by atoms with Crippen molar-refractivity contribution in [3.05, 3.63) is 46.2 Å². The van der Waals surface area contributed by atoms with Crippen LogP contribution in [0.5, 0.6) is 0 Å². The van der Waals surface area contributed by atoms with Crippen LogP contribution in [0.25, 0.3) is 0 Å². The summed E-state index contributed by atoms with van der Waals surface area (Å²) in [7, 11) is 1.63. The molecule has 5 nitrogen and oxygen atoms in total. The molecule has 0 fully saturated rings. The van der Waals surface area contributed by atoms with Crippen LogP contribution >= 0.6 is 11.6 Å². The molecule has 0 saturated heterocycles. The normalized spacial score (nSPS) is 20.7. The summed E-state index contributed by atoms with van der Waals surface area (Å²) in [5, 5.41) is 16.0. The zero-order valence-corrected chi connectivity index (χ0v) is 12.6. The van der Waals surface area contributed by atoms with Gasteiger partial charge in [0.15, 0.2) is 0 Å².